The van der Waals surface area contributed by atoms with Crippen LogP contribution in [0.25, 0.3) is 0 Å². The van der Waals surface area contributed by atoms with E-state index in [1.807, 2.05) is 20.8 Å². The number of sulfonamides is 1. The molecule has 1 heterocycles. The number of aromatic nitrogens is 1. The van der Waals surface area contributed by atoms with Crippen LogP contribution < -0.4 is 10.0 Å². The number of ether oxygens (including phenoxy) is 1. The summed E-state index contributed by atoms with van der Waals surface area (Å²) in [6.07, 6.45) is 2.28. The summed E-state index contributed by atoms with van der Waals surface area (Å²) in [7, 11) is -3.62. The highest BCUT2D eigenvalue weighted by Crippen LogP contribution is 2.22. The van der Waals surface area contributed by atoms with Gasteiger partial charge in [0.1, 0.15) is 10.7 Å². The molecule has 8 heteroatoms. The monoisotopic (exact) mass is 335 g/mol. The van der Waals surface area contributed by atoms with E-state index in [9.17, 15) is 8.42 Å². The van der Waals surface area contributed by atoms with Crippen LogP contribution in [-0.4, -0.2) is 39.2 Å². The van der Waals surface area contributed by atoms with E-state index >= 15 is 0 Å². The lowest BCUT2D eigenvalue weighted by Gasteiger charge is -2.11. The molecule has 0 aromatic carbocycles. The van der Waals surface area contributed by atoms with E-state index in [1.165, 1.54) is 12.3 Å². The number of anilines is 1. The minimum Gasteiger partial charge on any atom is -0.377 e. The molecule has 0 unspecified atom stereocenters. The molecule has 0 aliphatic heterocycles. The van der Waals surface area contributed by atoms with Crippen molar-refractivity contribution in [3.63, 3.8) is 0 Å². The van der Waals surface area contributed by atoms with E-state index in [0.29, 0.717) is 12.4 Å². The third-order valence-corrected chi connectivity index (χ3v) is 4.23. The third-order valence-electron chi connectivity index (χ3n) is 2.51. The number of hydrogen-bond donors (Lipinski definition) is 2. The molecule has 0 bridgehead atoms. The SMILES string of the molecule is CCCNc1ncc(S(=O)(=O)NCCOC(C)C)cc1Cl. The number of hydrogen-bond acceptors (Lipinski definition) is 5. The number of rotatable bonds is 9. The molecule has 0 saturated carbocycles. The van der Waals surface area contributed by atoms with Crippen LogP contribution in [0.5, 0.6) is 0 Å². The lowest BCUT2D eigenvalue weighted by atomic mass is 10.4. The van der Waals surface area contributed by atoms with Crippen molar-refractivity contribution in [1.29, 1.82) is 0 Å². The van der Waals surface area contributed by atoms with Gasteiger partial charge in [-0.3, -0.25) is 0 Å². The summed E-state index contributed by atoms with van der Waals surface area (Å²) in [4.78, 5) is 4.09. The van der Waals surface area contributed by atoms with E-state index in [2.05, 4.69) is 15.0 Å². The first-order valence-electron chi connectivity index (χ1n) is 6.87. The zero-order chi connectivity index (χ0) is 15.9. The molecular weight excluding hydrogens is 314 g/mol. The van der Waals surface area contributed by atoms with Crippen LogP contribution in [-0.2, 0) is 14.8 Å². The summed E-state index contributed by atoms with van der Waals surface area (Å²) in [6.45, 7) is 7.04. The molecule has 6 nitrogen and oxygen atoms in total. The highest BCUT2D eigenvalue weighted by atomic mass is 35.5. The van der Waals surface area contributed by atoms with Crippen molar-refractivity contribution in [3.8, 4) is 0 Å². The average Bonchev–Trinajstić information content (AvgIpc) is 2.42. The summed E-state index contributed by atoms with van der Waals surface area (Å²) in [5.41, 5.74) is 0. The lowest BCUT2D eigenvalue weighted by Crippen LogP contribution is -2.28. The number of pyridine rings is 1. The fourth-order valence-corrected chi connectivity index (χ4v) is 2.78. The van der Waals surface area contributed by atoms with Gasteiger partial charge >= 0.3 is 0 Å². The van der Waals surface area contributed by atoms with E-state index in [1.54, 1.807) is 0 Å². The Hall–Kier alpha value is -0.890. The van der Waals surface area contributed by atoms with Crippen molar-refractivity contribution in [2.24, 2.45) is 0 Å². The Labute approximate surface area is 131 Å². The van der Waals surface area contributed by atoms with Gasteiger partial charge in [0.2, 0.25) is 10.0 Å². The van der Waals surface area contributed by atoms with Gasteiger partial charge in [-0.05, 0) is 26.3 Å². The number of nitrogens with one attached hydrogen (secondary N) is 2. The molecule has 0 radical (unpaired) electrons. The average molecular weight is 336 g/mol. The Morgan fingerprint density at radius 1 is 1.38 bits per heavy atom. The molecule has 0 aliphatic carbocycles. The molecule has 21 heavy (non-hydrogen) atoms. The molecule has 0 amide bonds. The van der Waals surface area contributed by atoms with Crippen LogP contribution in [0.3, 0.4) is 0 Å². The quantitative estimate of drug-likeness (QED) is 0.677. The van der Waals surface area contributed by atoms with Crippen molar-refractivity contribution >= 4 is 27.4 Å². The maximum atomic E-state index is 12.1. The van der Waals surface area contributed by atoms with Gasteiger partial charge in [-0.15, -0.1) is 0 Å². The normalized spacial score (nSPS) is 11.9. The van der Waals surface area contributed by atoms with Gasteiger partial charge in [-0.1, -0.05) is 18.5 Å². The fourth-order valence-electron chi connectivity index (χ4n) is 1.49. The van der Waals surface area contributed by atoms with Gasteiger partial charge in [0.15, 0.2) is 0 Å². The van der Waals surface area contributed by atoms with Crippen LogP contribution in [0.1, 0.15) is 27.2 Å². The van der Waals surface area contributed by atoms with Crippen molar-refractivity contribution in [2.45, 2.75) is 38.2 Å². The molecule has 1 rings (SSSR count). The molecule has 0 aliphatic rings. The highest BCUT2D eigenvalue weighted by Gasteiger charge is 2.16. The van der Waals surface area contributed by atoms with E-state index in [4.69, 9.17) is 16.3 Å². The van der Waals surface area contributed by atoms with Crippen LogP contribution in [0.2, 0.25) is 5.02 Å². The molecule has 120 valence electrons. The number of halogens is 1. The van der Waals surface area contributed by atoms with Crippen molar-refractivity contribution in [3.05, 3.63) is 17.3 Å². The maximum absolute atomic E-state index is 12.1. The van der Waals surface area contributed by atoms with Gasteiger partial charge < -0.3 is 10.1 Å². The zero-order valence-electron chi connectivity index (χ0n) is 12.5. The fraction of sp³-hybridized carbons (Fsp3) is 0.615. The molecule has 2 N–H and O–H groups in total. The first-order valence-corrected chi connectivity index (χ1v) is 8.73. The first kappa shape index (κ1) is 18.2. The van der Waals surface area contributed by atoms with Gasteiger partial charge in [0, 0.05) is 19.3 Å². The first-order chi connectivity index (χ1) is 9.86. The van der Waals surface area contributed by atoms with Gasteiger partial charge in [0.05, 0.1) is 17.7 Å². The second kappa shape index (κ2) is 8.53. The summed E-state index contributed by atoms with van der Waals surface area (Å²) in [6, 6.07) is 1.39. The standard InChI is InChI=1S/C13H22ClN3O3S/c1-4-5-15-13-12(14)8-11(9-16-13)21(18,19)17-6-7-20-10(2)3/h8-10,17H,4-7H2,1-3H3,(H,15,16). The molecule has 0 atom stereocenters. The Morgan fingerprint density at radius 2 is 2.10 bits per heavy atom. The topological polar surface area (TPSA) is 80.3 Å². The Bertz CT molecular complexity index is 550. The van der Waals surface area contributed by atoms with Crippen molar-refractivity contribution in [2.75, 3.05) is 25.0 Å². The molecule has 1 aromatic rings. The van der Waals surface area contributed by atoms with Crippen molar-refractivity contribution in [1.82, 2.24) is 9.71 Å². The summed E-state index contributed by atoms with van der Waals surface area (Å²) in [5.74, 6) is 0.487. The molecular formula is C13H22ClN3O3S. The smallest absolute Gasteiger partial charge is 0.242 e. The maximum Gasteiger partial charge on any atom is 0.242 e. The van der Waals surface area contributed by atoms with E-state index in [-0.39, 0.29) is 22.6 Å². The summed E-state index contributed by atoms with van der Waals surface area (Å²) >= 11 is 6.03. The highest BCUT2D eigenvalue weighted by molar-refractivity contribution is 7.89. The predicted molar refractivity (Wildman–Crippen MR) is 84.3 cm³/mol. The third kappa shape index (κ3) is 6.17. The molecule has 0 saturated heterocycles. The van der Waals surface area contributed by atoms with Gasteiger partial charge in [0.25, 0.3) is 0 Å². The van der Waals surface area contributed by atoms with Crippen LogP contribution in [0.4, 0.5) is 5.82 Å². The van der Waals surface area contributed by atoms with E-state index in [0.717, 1.165) is 13.0 Å². The van der Waals surface area contributed by atoms with Crippen LogP contribution >= 0.6 is 11.6 Å². The summed E-state index contributed by atoms with van der Waals surface area (Å²) < 4.78 is 31.9. The Morgan fingerprint density at radius 3 is 2.67 bits per heavy atom. The van der Waals surface area contributed by atoms with E-state index < -0.39 is 10.0 Å². The molecule has 0 fully saturated rings. The summed E-state index contributed by atoms with van der Waals surface area (Å²) in [5, 5.41) is 3.31. The van der Waals surface area contributed by atoms with Crippen LogP contribution in [0.15, 0.2) is 17.2 Å². The van der Waals surface area contributed by atoms with Crippen LogP contribution in [0, 0.1) is 0 Å². The Kier molecular flexibility index (Phi) is 7.37. The largest absolute Gasteiger partial charge is 0.377 e. The second-order valence-electron chi connectivity index (χ2n) is 4.75. The predicted octanol–water partition coefficient (Wildman–Crippen LogP) is 2.26. The van der Waals surface area contributed by atoms with Gasteiger partial charge in [-0.2, -0.15) is 0 Å². The lowest BCUT2D eigenvalue weighted by molar-refractivity contribution is 0.0834. The zero-order valence-corrected chi connectivity index (χ0v) is 14.1. The Balaban J connectivity index is 2.68. The number of nitrogens with zero attached hydrogens (tertiary/aromatic N) is 1. The minimum absolute atomic E-state index is 0.0408. The second-order valence-corrected chi connectivity index (χ2v) is 6.92. The molecule has 0 spiro atoms. The minimum atomic E-state index is -3.62. The van der Waals surface area contributed by atoms with Crippen molar-refractivity contribution < 1.29 is 13.2 Å². The van der Waals surface area contributed by atoms with Gasteiger partial charge in [-0.25, -0.2) is 18.1 Å². The molecule has 1 aromatic heterocycles.